The van der Waals surface area contributed by atoms with Crippen molar-refractivity contribution in [1.82, 2.24) is 9.88 Å². The van der Waals surface area contributed by atoms with Crippen molar-refractivity contribution in [2.75, 3.05) is 7.11 Å². The molecule has 0 radical (unpaired) electrons. The Balaban J connectivity index is 1.68. The number of nitriles is 2. The molecule has 0 fully saturated rings. The van der Waals surface area contributed by atoms with Crippen molar-refractivity contribution in [2.24, 2.45) is 0 Å². The number of aromatic nitrogens is 1. The van der Waals surface area contributed by atoms with Crippen LogP contribution >= 0.6 is 0 Å². The molecule has 6 heteroatoms. The minimum Gasteiger partial charge on any atom is -0.496 e. The Hall–Kier alpha value is -4.55. The molecule has 6 nitrogen and oxygen atoms in total. The first-order valence-electron chi connectivity index (χ1n) is 10.1. The minimum atomic E-state index is -0.218. The second-order valence-corrected chi connectivity index (χ2v) is 7.31. The summed E-state index contributed by atoms with van der Waals surface area (Å²) < 4.78 is 7.43. The van der Waals surface area contributed by atoms with E-state index in [0.717, 1.165) is 22.0 Å². The zero-order chi connectivity index (χ0) is 22.5. The highest BCUT2D eigenvalue weighted by Gasteiger charge is 2.18. The fourth-order valence-corrected chi connectivity index (χ4v) is 3.69. The largest absolute Gasteiger partial charge is 0.496 e. The lowest BCUT2D eigenvalue weighted by atomic mass is 10.1. The van der Waals surface area contributed by atoms with Crippen LogP contribution in [0.1, 0.15) is 32.7 Å². The number of nitrogens with zero attached hydrogens (tertiary/aromatic N) is 3. The molecular formula is C26H20N4O2. The third-order valence-corrected chi connectivity index (χ3v) is 5.29. The molecule has 3 aromatic carbocycles. The number of benzene rings is 3. The number of fused-ring (bicyclic) bond motifs is 1. The number of hydrogen-bond donors (Lipinski definition) is 1. The van der Waals surface area contributed by atoms with E-state index in [1.54, 1.807) is 25.3 Å². The molecule has 0 bridgehead atoms. The third kappa shape index (κ3) is 4.16. The van der Waals surface area contributed by atoms with Crippen molar-refractivity contribution in [2.45, 2.75) is 13.1 Å². The molecule has 0 aliphatic rings. The Morgan fingerprint density at radius 1 is 0.938 bits per heavy atom. The molecule has 1 aromatic heterocycles. The number of hydrogen-bond acceptors (Lipinski definition) is 4. The van der Waals surface area contributed by atoms with Crippen molar-refractivity contribution < 1.29 is 9.53 Å². The Morgan fingerprint density at radius 2 is 1.69 bits per heavy atom. The lowest BCUT2D eigenvalue weighted by molar-refractivity contribution is 0.0942. The van der Waals surface area contributed by atoms with Crippen LogP contribution < -0.4 is 10.1 Å². The van der Waals surface area contributed by atoms with Crippen LogP contribution in [0.2, 0.25) is 0 Å². The van der Waals surface area contributed by atoms with Gasteiger partial charge in [-0.05, 0) is 53.6 Å². The molecule has 0 saturated heterocycles. The van der Waals surface area contributed by atoms with Gasteiger partial charge in [-0.25, -0.2) is 0 Å². The van der Waals surface area contributed by atoms with E-state index in [-0.39, 0.29) is 5.91 Å². The highest BCUT2D eigenvalue weighted by molar-refractivity contribution is 6.00. The normalized spacial score (nSPS) is 10.3. The Bertz CT molecular complexity index is 1370. The van der Waals surface area contributed by atoms with Gasteiger partial charge in [0.2, 0.25) is 0 Å². The molecule has 4 rings (SSSR count). The standard InChI is InChI=1S/C26H20N4O2/c1-32-25-7-3-6-23-22(25)13-24(30(23)17-21-5-2-4-20(12-21)15-28)26(31)29-16-19-10-8-18(14-27)9-11-19/h2-13H,16-17H2,1H3,(H,29,31). The lowest BCUT2D eigenvalue weighted by Crippen LogP contribution is -2.25. The Labute approximate surface area is 185 Å². The van der Waals surface area contributed by atoms with Gasteiger partial charge in [-0.1, -0.05) is 30.3 Å². The number of methoxy groups -OCH3 is 1. The average molecular weight is 420 g/mol. The summed E-state index contributed by atoms with van der Waals surface area (Å²) in [6.07, 6.45) is 0. The van der Waals surface area contributed by atoms with E-state index in [9.17, 15) is 10.1 Å². The molecule has 156 valence electrons. The Kier molecular flexibility index (Phi) is 5.87. The van der Waals surface area contributed by atoms with Crippen LogP contribution in [0.4, 0.5) is 0 Å². The molecule has 0 atom stereocenters. The summed E-state index contributed by atoms with van der Waals surface area (Å²) >= 11 is 0. The number of ether oxygens (including phenoxy) is 1. The van der Waals surface area contributed by atoms with Crippen molar-refractivity contribution >= 4 is 16.8 Å². The fourth-order valence-electron chi connectivity index (χ4n) is 3.69. The molecule has 0 unspecified atom stereocenters. The quantitative estimate of drug-likeness (QED) is 0.501. The van der Waals surface area contributed by atoms with Crippen LogP contribution in [-0.4, -0.2) is 17.6 Å². The van der Waals surface area contributed by atoms with Crippen LogP contribution in [0.25, 0.3) is 10.9 Å². The summed E-state index contributed by atoms with van der Waals surface area (Å²) in [5.74, 6) is 0.470. The number of rotatable bonds is 6. The predicted molar refractivity (Wildman–Crippen MR) is 121 cm³/mol. The van der Waals surface area contributed by atoms with Gasteiger partial charge in [0.15, 0.2) is 0 Å². The molecule has 32 heavy (non-hydrogen) atoms. The van der Waals surface area contributed by atoms with Crippen LogP contribution in [0.15, 0.2) is 72.8 Å². The SMILES string of the molecule is COc1cccc2c1cc(C(=O)NCc1ccc(C#N)cc1)n2Cc1cccc(C#N)c1. The highest BCUT2D eigenvalue weighted by atomic mass is 16.5. The molecule has 4 aromatic rings. The summed E-state index contributed by atoms with van der Waals surface area (Å²) in [5, 5.41) is 22.0. The molecule has 0 spiro atoms. The van der Waals surface area contributed by atoms with E-state index in [1.807, 2.05) is 59.2 Å². The maximum Gasteiger partial charge on any atom is 0.268 e. The van der Waals surface area contributed by atoms with E-state index in [2.05, 4.69) is 17.5 Å². The summed E-state index contributed by atoms with van der Waals surface area (Å²) in [6, 6.07) is 26.2. The van der Waals surface area contributed by atoms with Crippen LogP contribution in [0, 0.1) is 22.7 Å². The molecule has 1 amide bonds. The monoisotopic (exact) mass is 420 g/mol. The smallest absolute Gasteiger partial charge is 0.268 e. The molecule has 0 saturated carbocycles. The van der Waals surface area contributed by atoms with Gasteiger partial charge in [-0.3, -0.25) is 4.79 Å². The summed E-state index contributed by atoms with van der Waals surface area (Å²) in [6.45, 7) is 0.777. The van der Waals surface area contributed by atoms with Crippen LogP contribution in [-0.2, 0) is 13.1 Å². The fraction of sp³-hybridized carbons (Fsp3) is 0.115. The molecule has 0 aliphatic heterocycles. The highest BCUT2D eigenvalue weighted by Crippen LogP contribution is 2.29. The van der Waals surface area contributed by atoms with Crippen LogP contribution in [0.3, 0.4) is 0 Å². The first kappa shape index (κ1) is 20.7. The van der Waals surface area contributed by atoms with E-state index in [1.165, 1.54) is 0 Å². The minimum absolute atomic E-state index is 0.218. The van der Waals surface area contributed by atoms with Gasteiger partial charge in [0.25, 0.3) is 5.91 Å². The number of carbonyl (C=O) groups excluding carboxylic acids is 1. The predicted octanol–water partition coefficient (Wildman–Crippen LogP) is 4.37. The Morgan fingerprint density at radius 3 is 2.41 bits per heavy atom. The van der Waals surface area contributed by atoms with E-state index in [0.29, 0.717) is 35.7 Å². The third-order valence-electron chi connectivity index (χ3n) is 5.29. The van der Waals surface area contributed by atoms with E-state index >= 15 is 0 Å². The van der Waals surface area contributed by atoms with Crippen molar-refractivity contribution in [3.05, 3.63) is 101 Å². The van der Waals surface area contributed by atoms with Gasteiger partial charge in [0, 0.05) is 18.5 Å². The van der Waals surface area contributed by atoms with Crippen LogP contribution in [0.5, 0.6) is 5.75 Å². The number of amides is 1. The summed E-state index contributed by atoms with van der Waals surface area (Å²) in [7, 11) is 1.60. The lowest BCUT2D eigenvalue weighted by Gasteiger charge is -2.12. The molecule has 0 aliphatic carbocycles. The van der Waals surface area contributed by atoms with Gasteiger partial charge in [-0.15, -0.1) is 0 Å². The van der Waals surface area contributed by atoms with Crippen molar-refractivity contribution in [1.29, 1.82) is 10.5 Å². The van der Waals surface area contributed by atoms with E-state index < -0.39 is 0 Å². The first-order chi connectivity index (χ1) is 15.6. The van der Waals surface area contributed by atoms with E-state index in [4.69, 9.17) is 10.00 Å². The van der Waals surface area contributed by atoms with Gasteiger partial charge in [0.1, 0.15) is 11.4 Å². The van der Waals surface area contributed by atoms with Gasteiger partial charge in [-0.2, -0.15) is 10.5 Å². The second kappa shape index (κ2) is 9.07. The summed E-state index contributed by atoms with van der Waals surface area (Å²) in [5.41, 5.74) is 4.34. The maximum absolute atomic E-state index is 13.2. The topological polar surface area (TPSA) is 90.8 Å². The van der Waals surface area contributed by atoms with Crippen molar-refractivity contribution in [3.63, 3.8) is 0 Å². The summed E-state index contributed by atoms with van der Waals surface area (Å²) in [4.78, 5) is 13.2. The number of nitrogens with one attached hydrogen (secondary N) is 1. The molecule has 1 heterocycles. The zero-order valence-corrected chi connectivity index (χ0v) is 17.5. The molecule has 1 N–H and O–H groups in total. The first-order valence-corrected chi connectivity index (χ1v) is 10.1. The van der Waals surface area contributed by atoms with Gasteiger partial charge < -0.3 is 14.6 Å². The molecular weight excluding hydrogens is 400 g/mol. The van der Waals surface area contributed by atoms with Gasteiger partial charge >= 0.3 is 0 Å². The van der Waals surface area contributed by atoms with Gasteiger partial charge in [0.05, 0.1) is 35.9 Å². The maximum atomic E-state index is 13.2. The number of carbonyl (C=O) groups is 1. The average Bonchev–Trinajstić information content (AvgIpc) is 3.21. The zero-order valence-electron chi connectivity index (χ0n) is 17.5. The van der Waals surface area contributed by atoms with Crippen molar-refractivity contribution in [3.8, 4) is 17.9 Å². The second-order valence-electron chi connectivity index (χ2n) is 7.31.